The molecule has 0 aromatic heterocycles. The summed E-state index contributed by atoms with van der Waals surface area (Å²) < 4.78 is 16.6. The van der Waals surface area contributed by atoms with E-state index < -0.39 is 0 Å². The predicted molar refractivity (Wildman–Crippen MR) is 85.8 cm³/mol. The van der Waals surface area contributed by atoms with E-state index in [9.17, 15) is 0 Å². The van der Waals surface area contributed by atoms with E-state index in [1.54, 1.807) is 21.3 Å². The maximum Gasteiger partial charge on any atom is 0.127 e. The van der Waals surface area contributed by atoms with Gasteiger partial charge in [-0.2, -0.15) is 0 Å². The van der Waals surface area contributed by atoms with Crippen molar-refractivity contribution in [3.63, 3.8) is 0 Å². The van der Waals surface area contributed by atoms with Crippen LogP contribution >= 0.6 is 0 Å². The second-order valence-electron chi connectivity index (χ2n) is 5.02. The minimum atomic E-state index is 0.818. The molecule has 3 rings (SSSR count). The maximum atomic E-state index is 5.59. The zero-order valence-electron chi connectivity index (χ0n) is 12.7. The molecule has 0 aliphatic rings. The second-order valence-corrected chi connectivity index (χ2v) is 5.02. The molecule has 0 saturated heterocycles. The lowest BCUT2D eigenvalue weighted by molar-refractivity contribution is 0.410. The summed E-state index contributed by atoms with van der Waals surface area (Å²) in [5, 5.41) is 4.22. The highest BCUT2D eigenvalue weighted by Gasteiger charge is 2.14. The van der Waals surface area contributed by atoms with Crippen molar-refractivity contribution in [1.82, 2.24) is 0 Å². The average Bonchev–Trinajstić information content (AvgIpc) is 2.52. The fourth-order valence-electron chi connectivity index (χ4n) is 2.87. The van der Waals surface area contributed by atoms with Crippen LogP contribution in [0.25, 0.3) is 21.5 Å². The summed E-state index contributed by atoms with van der Waals surface area (Å²) >= 11 is 0. The van der Waals surface area contributed by atoms with E-state index in [4.69, 9.17) is 14.2 Å². The third-order valence-corrected chi connectivity index (χ3v) is 3.78. The molecule has 0 bridgehead atoms. The van der Waals surface area contributed by atoms with Crippen molar-refractivity contribution >= 4 is 21.5 Å². The van der Waals surface area contributed by atoms with E-state index in [1.165, 1.54) is 5.56 Å². The van der Waals surface area contributed by atoms with Crippen molar-refractivity contribution in [3.05, 3.63) is 42.0 Å². The highest BCUT2D eigenvalue weighted by atomic mass is 16.5. The number of rotatable bonds is 3. The van der Waals surface area contributed by atoms with Crippen LogP contribution in [-0.4, -0.2) is 21.3 Å². The van der Waals surface area contributed by atoms with Crippen molar-refractivity contribution in [2.45, 2.75) is 6.92 Å². The number of aryl methyl sites for hydroxylation is 1. The van der Waals surface area contributed by atoms with Gasteiger partial charge >= 0.3 is 0 Å². The van der Waals surface area contributed by atoms with Crippen molar-refractivity contribution in [3.8, 4) is 17.2 Å². The normalized spacial score (nSPS) is 10.9. The van der Waals surface area contributed by atoms with Crippen LogP contribution in [0.1, 0.15) is 5.56 Å². The molecule has 108 valence electrons. The van der Waals surface area contributed by atoms with Gasteiger partial charge in [0.1, 0.15) is 17.2 Å². The average molecular weight is 282 g/mol. The molecule has 0 fully saturated rings. The Balaban J connectivity index is 2.57. The Hall–Kier alpha value is -2.42. The SMILES string of the molecule is COc1ccc(OC)c2c1ccc1cc(C)cc(OC)c12. The molecule has 0 amide bonds. The van der Waals surface area contributed by atoms with Gasteiger partial charge < -0.3 is 14.2 Å². The van der Waals surface area contributed by atoms with Gasteiger partial charge in [-0.05, 0) is 42.1 Å². The van der Waals surface area contributed by atoms with Crippen molar-refractivity contribution < 1.29 is 14.2 Å². The van der Waals surface area contributed by atoms with Crippen LogP contribution in [0.2, 0.25) is 0 Å². The summed E-state index contributed by atoms with van der Waals surface area (Å²) in [6.45, 7) is 2.06. The predicted octanol–water partition coefficient (Wildman–Crippen LogP) is 4.33. The molecule has 21 heavy (non-hydrogen) atoms. The fourth-order valence-corrected chi connectivity index (χ4v) is 2.87. The van der Waals surface area contributed by atoms with Crippen LogP contribution in [0.15, 0.2) is 36.4 Å². The summed E-state index contributed by atoms with van der Waals surface area (Å²) in [7, 11) is 5.05. The molecule has 3 heteroatoms. The van der Waals surface area contributed by atoms with Gasteiger partial charge in [0.15, 0.2) is 0 Å². The highest BCUT2D eigenvalue weighted by molar-refractivity contribution is 6.15. The smallest absolute Gasteiger partial charge is 0.127 e. The summed E-state index contributed by atoms with van der Waals surface area (Å²) in [5.74, 6) is 2.50. The van der Waals surface area contributed by atoms with Gasteiger partial charge in [0.05, 0.1) is 21.3 Å². The molecule has 0 atom stereocenters. The monoisotopic (exact) mass is 282 g/mol. The first-order valence-electron chi connectivity index (χ1n) is 6.81. The third-order valence-electron chi connectivity index (χ3n) is 3.78. The third kappa shape index (κ3) is 2.05. The topological polar surface area (TPSA) is 27.7 Å². The quantitative estimate of drug-likeness (QED) is 0.669. The molecule has 3 nitrogen and oxygen atoms in total. The van der Waals surface area contributed by atoms with Crippen molar-refractivity contribution in [2.75, 3.05) is 21.3 Å². The molecule has 0 saturated carbocycles. The summed E-state index contributed by atoms with van der Waals surface area (Å²) in [4.78, 5) is 0. The van der Waals surface area contributed by atoms with Crippen LogP contribution < -0.4 is 14.2 Å². The molecule has 3 aromatic rings. The molecule has 0 aliphatic heterocycles. The van der Waals surface area contributed by atoms with E-state index in [2.05, 4.69) is 25.1 Å². The Labute approximate surface area is 124 Å². The number of benzene rings is 3. The van der Waals surface area contributed by atoms with Gasteiger partial charge in [-0.3, -0.25) is 0 Å². The summed E-state index contributed by atoms with van der Waals surface area (Å²) in [6, 6.07) is 12.2. The molecule has 3 aromatic carbocycles. The minimum absolute atomic E-state index is 0.818. The molecular formula is C18H18O3. The van der Waals surface area contributed by atoms with Crippen molar-refractivity contribution in [1.29, 1.82) is 0 Å². The van der Waals surface area contributed by atoms with Gasteiger partial charge in [0, 0.05) is 16.2 Å². The maximum absolute atomic E-state index is 5.59. The Kier molecular flexibility index (Phi) is 3.34. The van der Waals surface area contributed by atoms with Crippen LogP contribution in [0, 0.1) is 6.92 Å². The molecule has 0 spiro atoms. The number of hydrogen-bond donors (Lipinski definition) is 0. The minimum Gasteiger partial charge on any atom is -0.496 e. The number of hydrogen-bond acceptors (Lipinski definition) is 3. The Morgan fingerprint density at radius 2 is 1.33 bits per heavy atom. The van der Waals surface area contributed by atoms with E-state index >= 15 is 0 Å². The Morgan fingerprint density at radius 3 is 2.00 bits per heavy atom. The van der Waals surface area contributed by atoms with Crippen LogP contribution in [-0.2, 0) is 0 Å². The Morgan fingerprint density at radius 1 is 0.667 bits per heavy atom. The Bertz CT molecular complexity index is 822. The van der Waals surface area contributed by atoms with Crippen molar-refractivity contribution in [2.24, 2.45) is 0 Å². The van der Waals surface area contributed by atoms with E-state index in [0.29, 0.717) is 0 Å². The van der Waals surface area contributed by atoms with E-state index in [-0.39, 0.29) is 0 Å². The molecule has 0 N–H and O–H groups in total. The highest BCUT2D eigenvalue weighted by Crippen LogP contribution is 2.42. The summed E-state index contributed by atoms with van der Waals surface area (Å²) in [5.41, 5.74) is 1.17. The zero-order chi connectivity index (χ0) is 15.0. The van der Waals surface area contributed by atoms with E-state index in [1.807, 2.05) is 18.2 Å². The lowest BCUT2D eigenvalue weighted by atomic mass is 9.98. The molecule has 0 heterocycles. The standard InChI is InChI=1S/C18H18O3/c1-11-9-12-5-6-13-14(19-2)7-8-15(20-3)18(13)17(12)16(10-11)21-4/h5-10H,1-4H3. The second kappa shape index (κ2) is 5.17. The number of methoxy groups -OCH3 is 3. The summed E-state index contributed by atoms with van der Waals surface area (Å²) in [6.07, 6.45) is 0. The lowest BCUT2D eigenvalue weighted by Crippen LogP contribution is -1.93. The largest absolute Gasteiger partial charge is 0.496 e. The van der Waals surface area contributed by atoms with Crippen LogP contribution in [0.3, 0.4) is 0 Å². The van der Waals surface area contributed by atoms with Gasteiger partial charge in [0.2, 0.25) is 0 Å². The first kappa shape index (κ1) is 13.6. The fraction of sp³-hybridized carbons (Fsp3) is 0.222. The van der Waals surface area contributed by atoms with Crippen LogP contribution in [0.4, 0.5) is 0 Å². The molecule has 0 aliphatic carbocycles. The number of fused-ring (bicyclic) bond motifs is 3. The number of ether oxygens (including phenoxy) is 3. The first-order chi connectivity index (χ1) is 10.2. The van der Waals surface area contributed by atoms with E-state index in [0.717, 1.165) is 38.8 Å². The molecule has 0 radical (unpaired) electrons. The zero-order valence-corrected chi connectivity index (χ0v) is 12.7. The molecule has 0 unspecified atom stereocenters. The van der Waals surface area contributed by atoms with Gasteiger partial charge in [-0.15, -0.1) is 0 Å². The molecular weight excluding hydrogens is 264 g/mol. The van der Waals surface area contributed by atoms with Gasteiger partial charge in [-0.1, -0.05) is 12.1 Å². The first-order valence-corrected chi connectivity index (χ1v) is 6.81. The van der Waals surface area contributed by atoms with Crippen LogP contribution in [0.5, 0.6) is 17.2 Å². The van der Waals surface area contributed by atoms with Gasteiger partial charge in [-0.25, -0.2) is 0 Å². The van der Waals surface area contributed by atoms with Gasteiger partial charge in [0.25, 0.3) is 0 Å². The lowest BCUT2D eigenvalue weighted by Gasteiger charge is -2.15.